The molecule has 0 radical (unpaired) electrons. The SMILES string of the molecule is CC(Nc1c(NCc2ccc(C#N)cc2Cl)c(=O)c1=O)C(C)(C)C. The molecule has 2 rings (SSSR count). The van der Waals surface area contributed by atoms with Crippen LogP contribution >= 0.6 is 11.6 Å². The summed E-state index contributed by atoms with van der Waals surface area (Å²) in [4.78, 5) is 23.6. The van der Waals surface area contributed by atoms with Crippen molar-refractivity contribution in [3.63, 3.8) is 0 Å². The molecule has 1 atom stereocenters. The van der Waals surface area contributed by atoms with Gasteiger partial charge < -0.3 is 10.6 Å². The van der Waals surface area contributed by atoms with E-state index in [1.165, 1.54) is 0 Å². The third-order valence-corrected chi connectivity index (χ3v) is 4.56. The summed E-state index contributed by atoms with van der Waals surface area (Å²) < 4.78 is 0. The van der Waals surface area contributed by atoms with E-state index in [1.807, 2.05) is 13.0 Å². The summed E-state index contributed by atoms with van der Waals surface area (Å²) in [6.45, 7) is 8.44. The minimum atomic E-state index is -0.525. The highest BCUT2D eigenvalue weighted by molar-refractivity contribution is 6.31. The van der Waals surface area contributed by atoms with Gasteiger partial charge in [0.1, 0.15) is 11.4 Å². The highest BCUT2D eigenvalue weighted by atomic mass is 35.5. The number of nitrogens with zero attached hydrogens (tertiary/aromatic N) is 1. The van der Waals surface area contributed by atoms with Gasteiger partial charge in [0.05, 0.1) is 11.6 Å². The number of nitrogens with one attached hydrogen (secondary N) is 2. The van der Waals surface area contributed by atoms with Gasteiger partial charge in [-0.2, -0.15) is 5.26 Å². The first kappa shape index (κ1) is 18.0. The second-order valence-electron chi connectivity index (χ2n) is 6.91. The Balaban J connectivity index is 2.15. The van der Waals surface area contributed by atoms with Gasteiger partial charge in [0, 0.05) is 17.6 Å². The third kappa shape index (κ3) is 3.60. The van der Waals surface area contributed by atoms with Crippen molar-refractivity contribution in [2.24, 2.45) is 5.41 Å². The van der Waals surface area contributed by atoms with Gasteiger partial charge in [0.25, 0.3) is 10.9 Å². The Hall–Kier alpha value is -2.32. The number of rotatable bonds is 5. The molecule has 2 N–H and O–H groups in total. The van der Waals surface area contributed by atoms with Crippen LogP contribution < -0.4 is 21.5 Å². The molecule has 2 aromatic carbocycles. The highest BCUT2D eigenvalue weighted by Crippen LogP contribution is 2.25. The van der Waals surface area contributed by atoms with Gasteiger partial charge in [-0.15, -0.1) is 0 Å². The van der Waals surface area contributed by atoms with Gasteiger partial charge in [0.15, 0.2) is 0 Å². The van der Waals surface area contributed by atoms with Crippen LogP contribution in [0.15, 0.2) is 27.8 Å². The molecule has 0 amide bonds. The first-order chi connectivity index (χ1) is 11.1. The predicted octanol–water partition coefficient (Wildman–Crippen LogP) is 3.27. The summed E-state index contributed by atoms with van der Waals surface area (Å²) in [6, 6.07) is 7.00. The Kier molecular flexibility index (Phi) is 5.00. The zero-order chi connectivity index (χ0) is 18.1. The lowest BCUT2D eigenvalue weighted by Crippen LogP contribution is -2.41. The summed E-state index contributed by atoms with van der Waals surface area (Å²) in [5.41, 5.74) is 0.761. The molecule has 0 aliphatic rings. The fourth-order valence-corrected chi connectivity index (χ4v) is 2.32. The average molecular weight is 346 g/mol. The molecule has 0 saturated carbocycles. The highest BCUT2D eigenvalue weighted by Gasteiger charge is 2.26. The molecule has 0 aliphatic heterocycles. The van der Waals surface area contributed by atoms with Gasteiger partial charge in [-0.1, -0.05) is 38.4 Å². The third-order valence-electron chi connectivity index (χ3n) is 4.21. The fraction of sp³-hybridized carbons (Fsp3) is 0.389. The standard InChI is InChI=1S/C18H20ClN3O2/c1-10(18(2,3)4)22-15-14(16(23)17(15)24)21-9-12-6-5-11(8-20)7-13(12)19/h5-7,10,21-22H,9H2,1-4H3. The minimum Gasteiger partial charge on any atom is -0.377 e. The van der Waals surface area contributed by atoms with E-state index in [2.05, 4.69) is 31.4 Å². The number of nitriles is 1. The fourth-order valence-electron chi connectivity index (χ4n) is 2.07. The molecule has 5 nitrogen and oxygen atoms in total. The van der Waals surface area contributed by atoms with Crippen molar-refractivity contribution in [1.82, 2.24) is 0 Å². The van der Waals surface area contributed by atoms with Crippen LogP contribution in [0.1, 0.15) is 38.8 Å². The lowest BCUT2D eigenvalue weighted by Gasteiger charge is -2.30. The summed E-state index contributed by atoms with van der Waals surface area (Å²) in [6.07, 6.45) is 0. The maximum atomic E-state index is 11.8. The number of anilines is 2. The van der Waals surface area contributed by atoms with Crippen LogP contribution in [0, 0.1) is 16.7 Å². The molecule has 0 aliphatic carbocycles. The van der Waals surface area contributed by atoms with Crippen molar-refractivity contribution in [2.75, 3.05) is 10.6 Å². The van der Waals surface area contributed by atoms with E-state index in [0.29, 0.717) is 22.8 Å². The summed E-state index contributed by atoms with van der Waals surface area (Å²) in [7, 11) is 0. The molecular weight excluding hydrogens is 326 g/mol. The van der Waals surface area contributed by atoms with Crippen molar-refractivity contribution in [3.05, 3.63) is 54.8 Å². The van der Waals surface area contributed by atoms with E-state index in [9.17, 15) is 9.59 Å². The van der Waals surface area contributed by atoms with Gasteiger partial charge in [0.2, 0.25) is 0 Å². The molecule has 1 unspecified atom stereocenters. The van der Waals surface area contributed by atoms with E-state index in [4.69, 9.17) is 16.9 Å². The van der Waals surface area contributed by atoms with Gasteiger partial charge >= 0.3 is 0 Å². The molecule has 2 aromatic rings. The van der Waals surface area contributed by atoms with Crippen molar-refractivity contribution in [2.45, 2.75) is 40.3 Å². The van der Waals surface area contributed by atoms with Crippen molar-refractivity contribution in [3.8, 4) is 6.07 Å². The Morgan fingerprint density at radius 3 is 2.38 bits per heavy atom. The smallest absolute Gasteiger partial charge is 0.253 e. The van der Waals surface area contributed by atoms with Crippen LogP contribution in [0.4, 0.5) is 11.4 Å². The quantitative estimate of drug-likeness (QED) is 0.813. The second-order valence-corrected chi connectivity index (χ2v) is 7.32. The van der Waals surface area contributed by atoms with Crippen molar-refractivity contribution in [1.29, 1.82) is 5.26 Å². The summed E-state index contributed by atoms with van der Waals surface area (Å²) in [5, 5.41) is 15.4. The number of hydrogen-bond acceptors (Lipinski definition) is 5. The van der Waals surface area contributed by atoms with Crippen molar-refractivity contribution >= 4 is 23.0 Å². The molecule has 0 heterocycles. The molecule has 24 heavy (non-hydrogen) atoms. The van der Waals surface area contributed by atoms with Crippen LogP contribution in [0.5, 0.6) is 0 Å². The zero-order valence-corrected chi connectivity index (χ0v) is 14.9. The number of benzene rings is 1. The first-order valence-corrected chi connectivity index (χ1v) is 8.05. The van der Waals surface area contributed by atoms with Crippen LogP contribution in [-0.2, 0) is 6.54 Å². The van der Waals surface area contributed by atoms with E-state index in [1.54, 1.807) is 18.2 Å². The maximum absolute atomic E-state index is 11.8. The van der Waals surface area contributed by atoms with Gasteiger partial charge in [-0.3, -0.25) is 9.59 Å². The molecule has 0 spiro atoms. The van der Waals surface area contributed by atoms with Crippen molar-refractivity contribution < 1.29 is 0 Å². The summed E-state index contributed by atoms with van der Waals surface area (Å²) in [5.74, 6) is 0. The molecule has 6 heteroatoms. The Morgan fingerprint density at radius 2 is 1.83 bits per heavy atom. The maximum Gasteiger partial charge on any atom is 0.253 e. The Labute approximate surface area is 146 Å². The largest absolute Gasteiger partial charge is 0.377 e. The Bertz CT molecular complexity index is 868. The van der Waals surface area contributed by atoms with Crippen LogP contribution in [0.25, 0.3) is 0 Å². The summed E-state index contributed by atoms with van der Waals surface area (Å²) >= 11 is 6.12. The van der Waals surface area contributed by atoms with Gasteiger partial charge in [-0.05, 0) is 30.0 Å². The normalized spacial score (nSPS) is 12.7. The van der Waals surface area contributed by atoms with Crippen LogP contribution in [0.3, 0.4) is 0 Å². The molecule has 0 saturated heterocycles. The first-order valence-electron chi connectivity index (χ1n) is 7.67. The molecular formula is C18H20ClN3O2. The molecule has 0 bridgehead atoms. The number of hydrogen-bond donors (Lipinski definition) is 2. The molecule has 0 aromatic heterocycles. The lowest BCUT2D eigenvalue weighted by molar-refractivity contribution is 0.359. The zero-order valence-electron chi connectivity index (χ0n) is 14.2. The topological polar surface area (TPSA) is 82.0 Å². The predicted molar refractivity (Wildman–Crippen MR) is 97.4 cm³/mol. The Morgan fingerprint density at radius 1 is 1.21 bits per heavy atom. The molecule has 0 fully saturated rings. The van der Waals surface area contributed by atoms with E-state index in [-0.39, 0.29) is 17.1 Å². The average Bonchev–Trinajstić information content (AvgIpc) is 2.53. The second kappa shape index (κ2) is 6.66. The van der Waals surface area contributed by atoms with E-state index < -0.39 is 10.9 Å². The van der Waals surface area contributed by atoms with Crippen LogP contribution in [0.2, 0.25) is 5.02 Å². The minimum absolute atomic E-state index is 0.0276. The van der Waals surface area contributed by atoms with E-state index in [0.717, 1.165) is 5.56 Å². The van der Waals surface area contributed by atoms with E-state index >= 15 is 0 Å². The van der Waals surface area contributed by atoms with Crippen LogP contribution in [-0.4, -0.2) is 6.04 Å². The monoisotopic (exact) mass is 345 g/mol. The van der Waals surface area contributed by atoms with Gasteiger partial charge in [-0.25, -0.2) is 0 Å². The molecule has 126 valence electrons. The lowest BCUT2D eigenvalue weighted by atomic mass is 9.87. The number of halogens is 1.